The van der Waals surface area contributed by atoms with Gasteiger partial charge in [0.05, 0.1) is 12.2 Å². The lowest BCUT2D eigenvalue weighted by molar-refractivity contribution is 0.0693. The number of ether oxygens (including phenoxy) is 1. The molecule has 0 heterocycles. The standard InChI is InChI=1S/C15H13FO3S/c16-12-6-2-3-7-13(12)19-9-10-20-14-8-4-1-5-11(14)15(17)18/h1-8H,9-10H2,(H,17,18). The van der Waals surface area contributed by atoms with Gasteiger partial charge < -0.3 is 9.84 Å². The second-order valence-corrected chi connectivity index (χ2v) is 5.07. The van der Waals surface area contributed by atoms with E-state index in [2.05, 4.69) is 0 Å². The molecule has 2 aromatic rings. The van der Waals surface area contributed by atoms with Crippen LogP contribution in [0.15, 0.2) is 53.4 Å². The molecule has 1 N–H and O–H groups in total. The molecule has 104 valence electrons. The summed E-state index contributed by atoms with van der Waals surface area (Å²) in [6.07, 6.45) is 0. The number of hydrogen-bond acceptors (Lipinski definition) is 3. The van der Waals surface area contributed by atoms with E-state index >= 15 is 0 Å². The first-order chi connectivity index (χ1) is 9.68. The van der Waals surface area contributed by atoms with Gasteiger partial charge in [0.1, 0.15) is 0 Å². The fourth-order valence-electron chi connectivity index (χ4n) is 1.63. The average Bonchev–Trinajstić information content (AvgIpc) is 2.45. The Kier molecular flexibility index (Phi) is 5.01. The second-order valence-electron chi connectivity index (χ2n) is 3.93. The average molecular weight is 292 g/mol. The van der Waals surface area contributed by atoms with E-state index in [0.29, 0.717) is 17.3 Å². The predicted molar refractivity (Wildman–Crippen MR) is 76.0 cm³/mol. The summed E-state index contributed by atoms with van der Waals surface area (Å²) in [5, 5.41) is 9.04. The van der Waals surface area contributed by atoms with E-state index in [0.717, 1.165) is 0 Å². The molecule has 0 aliphatic carbocycles. The molecule has 0 unspecified atom stereocenters. The van der Waals surface area contributed by atoms with Crippen LogP contribution in [0, 0.1) is 5.82 Å². The summed E-state index contributed by atoms with van der Waals surface area (Å²) in [7, 11) is 0. The maximum absolute atomic E-state index is 13.3. The first kappa shape index (κ1) is 14.4. The summed E-state index contributed by atoms with van der Waals surface area (Å²) in [6.45, 7) is 0.305. The van der Waals surface area contributed by atoms with Gasteiger partial charge >= 0.3 is 5.97 Å². The van der Waals surface area contributed by atoms with E-state index in [4.69, 9.17) is 9.84 Å². The van der Waals surface area contributed by atoms with Gasteiger partial charge in [-0.2, -0.15) is 0 Å². The van der Waals surface area contributed by atoms with Crippen LogP contribution in [0.1, 0.15) is 10.4 Å². The van der Waals surface area contributed by atoms with Crippen molar-refractivity contribution in [3.8, 4) is 5.75 Å². The molecule has 2 aromatic carbocycles. The van der Waals surface area contributed by atoms with Gasteiger partial charge in [-0.1, -0.05) is 24.3 Å². The van der Waals surface area contributed by atoms with E-state index in [1.807, 2.05) is 0 Å². The van der Waals surface area contributed by atoms with Crippen LogP contribution in [0.4, 0.5) is 4.39 Å². The van der Waals surface area contributed by atoms with Crippen LogP contribution in [0.2, 0.25) is 0 Å². The van der Waals surface area contributed by atoms with Crippen molar-refractivity contribution in [2.24, 2.45) is 0 Å². The van der Waals surface area contributed by atoms with E-state index in [9.17, 15) is 9.18 Å². The van der Waals surface area contributed by atoms with Crippen molar-refractivity contribution in [1.82, 2.24) is 0 Å². The molecule has 3 nitrogen and oxygen atoms in total. The Bertz CT molecular complexity index is 601. The third-order valence-electron chi connectivity index (χ3n) is 2.55. The van der Waals surface area contributed by atoms with Crippen molar-refractivity contribution in [1.29, 1.82) is 0 Å². The number of carboxylic acids is 1. The number of halogens is 1. The van der Waals surface area contributed by atoms with E-state index in [1.165, 1.54) is 17.8 Å². The first-order valence-electron chi connectivity index (χ1n) is 6.01. The Labute approximate surface area is 120 Å². The molecule has 0 saturated heterocycles. The maximum atomic E-state index is 13.3. The van der Waals surface area contributed by atoms with Crippen LogP contribution in [-0.2, 0) is 0 Å². The number of benzene rings is 2. The third-order valence-corrected chi connectivity index (χ3v) is 3.59. The quantitative estimate of drug-likeness (QED) is 0.651. The molecule has 5 heteroatoms. The Morgan fingerprint density at radius 1 is 1.15 bits per heavy atom. The summed E-state index contributed by atoms with van der Waals surface area (Å²) < 4.78 is 18.6. The van der Waals surface area contributed by atoms with Crippen LogP contribution < -0.4 is 4.74 Å². The van der Waals surface area contributed by atoms with E-state index < -0.39 is 11.8 Å². The number of carbonyl (C=O) groups is 1. The fraction of sp³-hybridized carbons (Fsp3) is 0.133. The number of rotatable bonds is 6. The Balaban J connectivity index is 1.88. The normalized spacial score (nSPS) is 10.2. The number of hydrogen-bond donors (Lipinski definition) is 1. The summed E-state index contributed by atoms with van der Waals surface area (Å²) >= 11 is 1.37. The summed E-state index contributed by atoms with van der Waals surface area (Å²) in [5.41, 5.74) is 0.267. The minimum absolute atomic E-state index is 0.208. The lowest BCUT2D eigenvalue weighted by atomic mass is 10.2. The zero-order chi connectivity index (χ0) is 14.4. The number of para-hydroxylation sites is 1. The smallest absolute Gasteiger partial charge is 0.336 e. The van der Waals surface area contributed by atoms with Gasteiger partial charge in [-0.15, -0.1) is 11.8 Å². The lowest BCUT2D eigenvalue weighted by Gasteiger charge is -2.08. The van der Waals surface area contributed by atoms with Crippen LogP contribution in [0.25, 0.3) is 0 Å². The number of carboxylic acid groups (broad SMARTS) is 1. The molecule has 0 aromatic heterocycles. The second kappa shape index (κ2) is 6.96. The Hall–Kier alpha value is -2.01. The molecule has 20 heavy (non-hydrogen) atoms. The van der Waals surface area contributed by atoms with Crippen molar-refractivity contribution in [3.05, 3.63) is 59.9 Å². The molecule has 0 bridgehead atoms. The molecule has 0 fully saturated rings. The number of thioether (sulfide) groups is 1. The largest absolute Gasteiger partial charge is 0.490 e. The van der Waals surface area contributed by atoms with Gasteiger partial charge in [0.25, 0.3) is 0 Å². The molecular formula is C15H13FO3S. The van der Waals surface area contributed by atoms with E-state index in [1.54, 1.807) is 42.5 Å². The van der Waals surface area contributed by atoms with Crippen molar-refractivity contribution >= 4 is 17.7 Å². The van der Waals surface area contributed by atoms with E-state index in [-0.39, 0.29) is 11.3 Å². The molecule has 0 spiro atoms. The highest BCUT2D eigenvalue weighted by Crippen LogP contribution is 2.23. The minimum Gasteiger partial charge on any atom is -0.490 e. The topological polar surface area (TPSA) is 46.5 Å². The van der Waals surface area contributed by atoms with Crippen LogP contribution in [0.5, 0.6) is 5.75 Å². The van der Waals surface area contributed by atoms with Crippen LogP contribution in [0.3, 0.4) is 0 Å². The van der Waals surface area contributed by atoms with Gasteiger partial charge in [-0.05, 0) is 24.3 Å². The van der Waals surface area contributed by atoms with Crippen molar-refractivity contribution < 1.29 is 19.0 Å². The molecular weight excluding hydrogens is 279 g/mol. The minimum atomic E-state index is -0.955. The monoisotopic (exact) mass is 292 g/mol. The lowest BCUT2D eigenvalue weighted by Crippen LogP contribution is -2.03. The van der Waals surface area contributed by atoms with Crippen LogP contribution in [-0.4, -0.2) is 23.4 Å². The summed E-state index contributed by atoms with van der Waals surface area (Å²) in [6, 6.07) is 13.0. The fourth-order valence-corrected chi connectivity index (χ4v) is 2.51. The third kappa shape index (κ3) is 3.74. The van der Waals surface area contributed by atoms with Gasteiger partial charge in [-0.25, -0.2) is 9.18 Å². The van der Waals surface area contributed by atoms with Gasteiger partial charge in [0, 0.05) is 10.6 Å². The Morgan fingerprint density at radius 2 is 1.85 bits per heavy atom. The molecule has 0 aliphatic heterocycles. The Morgan fingerprint density at radius 3 is 2.60 bits per heavy atom. The molecule has 0 saturated carbocycles. The molecule has 0 atom stereocenters. The maximum Gasteiger partial charge on any atom is 0.336 e. The van der Waals surface area contributed by atoms with Gasteiger partial charge in [-0.3, -0.25) is 0 Å². The van der Waals surface area contributed by atoms with Crippen molar-refractivity contribution in [2.75, 3.05) is 12.4 Å². The predicted octanol–water partition coefficient (Wildman–Crippen LogP) is 3.70. The van der Waals surface area contributed by atoms with Crippen LogP contribution >= 0.6 is 11.8 Å². The molecule has 0 radical (unpaired) electrons. The zero-order valence-corrected chi connectivity index (χ0v) is 11.4. The van der Waals surface area contributed by atoms with Crippen molar-refractivity contribution in [2.45, 2.75) is 4.90 Å². The van der Waals surface area contributed by atoms with Gasteiger partial charge in [0.15, 0.2) is 11.6 Å². The first-order valence-corrected chi connectivity index (χ1v) is 6.99. The highest BCUT2D eigenvalue weighted by atomic mass is 32.2. The summed E-state index contributed by atoms with van der Waals surface area (Å²) in [5.74, 6) is -0.607. The molecule has 0 aliphatic rings. The molecule has 0 amide bonds. The zero-order valence-electron chi connectivity index (χ0n) is 10.6. The highest BCUT2D eigenvalue weighted by molar-refractivity contribution is 7.99. The van der Waals surface area contributed by atoms with Crippen molar-refractivity contribution in [3.63, 3.8) is 0 Å². The highest BCUT2D eigenvalue weighted by Gasteiger charge is 2.09. The number of aromatic carboxylic acids is 1. The SMILES string of the molecule is O=C(O)c1ccccc1SCCOc1ccccc1F. The van der Waals surface area contributed by atoms with Gasteiger partial charge in [0.2, 0.25) is 0 Å². The summed E-state index contributed by atoms with van der Waals surface area (Å²) in [4.78, 5) is 11.7. The molecule has 2 rings (SSSR count).